The first-order valence-electron chi connectivity index (χ1n) is 9.12. The Morgan fingerprint density at radius 1 is 1.15 bits per heavy atom. The average Bonchev–Trinajstić information content (AvgIpc) is 2.66. The molecule has 0 amide bonds. The van der Waals surface area contributed by atoms with Crippen molar-refractivity contribution in [2.75, 3.05) is 6.61 Å². The summed E-state index contributed by atoms with van der Waals surface area (Å²) in [5, 5.41) is 0. The number of fused-ring (bicyclic) bond motifs is 2. The van der Waals surface area contributed by atoms with Gasteiger partial charge in [0.2, 0.25) is 0 Å². The van der Waals surface area contributed by atoms with Crippen molar-refractivity contribution in [2.24, 2.45) is 15.7 Å². The molecule has 2 fully saturated rings. The van der Waals surface area contributed by atoms with Gasteiger partial charge in [-0.1, -0.05) is 54.1 Å². The van der Waals surface area contributed by atoms with E-state index in [1.807, 2.05) is 38.1 Å². The van der Waals surface area contributed by atoms with Crippen molar-refractivity contribution in [1.82, 2.24) is 0 Å². The molecule has 0 radical (unpaired) electrons. The lowest BCUT2D eigenvalue weighted by Crippen LogP contribution is -2.66. The fourth-order valence-electron chi connectivity index (χ4n) is 4.50. The summed E-state index contributed by atoms with van der Waals surface area (Å²) in [6.07, 6.45) is 1.64. The molecule has 2 aromatic rings. The van der Waals surface area contributed by atoms with Crippen molar-refractivity contribution < 1.29 is 13.2 Å². The van der Waals surface area contributed by atoms with Crippen molar-refractivity contribution in [3.05, 3.63) is 78.4 Å². The second kappa shape index (κ2) is 6.43. The molecule has 27 heavy (non-hydrogen) atoms. The Hall–Kier alpha value is -2.24. The molecule has 2 bridgehead atoms. The van der Waals surface area contributed by atoms with Crippen LogP contribution in [0, 0.1) is 18.3 Å². The largest absolute Gasteiger partial charge is 0.376 e. The van der Waals surface area contributed by atoms with E-state index in [0.29, 0.717) is 12.3 Å². The second-order valence-corrected chi connectivity index (χ2v) is 8.98. The van der Waals surface area contributed by atoms with Crippen LogP contribution in [0.4, 0.5) is 0 Å². The molecule has 140 valence electrons. The molecule has 4 nitrogen and oxygen atoms in total. The predicted octanol–water partition coefficient (Wildman–Crippen LogP) is 4.13. The maximum atomic E-state index is 12.9. The highest BCUT2D eigenvalue weighted by Crippen LogP contribution is 2.61. The number of sulfonamides is 1. The first kappa shape index (κ1) is 18.1. The van der Waals surface area contributed by atoms with Crippen LogP contribution in [0.15, 0.2) is 76.5 Å². The van der Waals surface area contributed by atoms with E-state index in [1.165, 1.54) is 5.56 Å². The van der Waals surface area contributed by atoms with Gasteiger partial charge in [0.1, 0.15) is 0 Å². The lowest BCUT2D eigenvalue weighted by Gasteiger charge is -2.61. The van der Waals surface area contributed by atoms with Crippen LogP contribution in [-0.4, -0.2) is 26.8 Å². The van der Waals surface area contributed by atoms with Crippen LogP contribution in [0.5, 0.6) is 0 Å². The second-order valence-electron chi connectivity index (χ2n) is 7.37. The summed E-state index contributed by atoms with van der Waals surface area (Å²) in [6.45, 7) is 8.40. The number of hydrogen-bond donors (Lipinski definition) is 0. The van der Waals surface area contributed by atoms with Crippen molar-refractivity contribution in [1.29, 1.82) is 0 Å². The molecule has 0 spiro atoms. The van der Waals surface area contributed by atoms with Crippen molar-refractivity contribution in [2.45, 2.75) is 30.8 Å². The number of benzene rings is 2. The fraction of sp³-hybridized carbons (Fsp3) is 0.318. The van der Waals surface area contributed by atoms with Gasteiger partial charge in [-0.25, -0.2) is 0 Å². The van der Waals surface area contributed by atoms with Crippen LogP contribution in [-0.2, 0) is 14.8 Å². The monoisotopic (exact) mass is 381 g/mol. The molecule has 5 heteroatoms. The first-order chi connectivity index (χ1) is 12.9. The quantitative estimate of drug-likeness (QED) is 0.748. The van der Waals surface area contributed by atoms with Crippen LogP contribution >= 0.6 is 0 Å². The van der Waals surface area contributed by atoms with Crippen LogP contribution in [0.3, 0.4) is 0 Å². The van der Waals surface area contributed by atoms with Crippen molar-refractivity contribution >= 4 is 15.7 Å². The summed E-state index contributed by atoms with van der Waals surface area (Å²) in [6, 6.07) is 17.0. The minimum absolute atomic E-state index is 0.0539. The molecule has 2 aromatic carbocycles. The molecule has 3 unspecified atom stereocenters. The Labute approximate surface area is 160 Å². The molecule has 1 heterocycles. The SMILES string of the molecule is C=CC12/C(=N\S(=O)(=O)c3ccc(C)cc3)C(CO[C@@H]1C)C2c1ccccc1. The van der Waals surface area contributed by atoms with Crippen LogP contribution in [0.2, 0.25) is 0 Å². The summed E-state index contributed by atoms with van der Waals surface area (Å²) >= 11 is 0. The predicted molar refractivity (Wildman–Crippen MR) is 107 cm³/mol. The molecule has 4 atom stereocenters. The van der Waals surface area contributed by atoms with Gasteiger partial charge in [0, 0.05) is 11.8 Å². The lowest BCUT2D eigenvalue weighted by molar-refractivity contribution is -0.0867. The first-order valence-corrected chi connectivity index (χ1v) is 10.6. The van der Waals surface area contributed by atoms with Gasteiger partial charge in [0.05, 0.1) is 28.7 Å². The van der Waals surface area contributed by atoms with Crippen molar-refractivity contribution in [3.8, 4) is 0 Å². The molecular weight excluding hydrogens is 358 g/mol. The molecule has 1 saturated heterocycles. The standard InChI is InChI=1S/C22H23NO3S/c1-4-22-16(3)26-14-19(20(22)17-8-6-5-7-9-17)21(22)23-27(24,25)18-12-10-15(2)11-13-18/h4-13,16,19-20H,1,14H2,2-3H3/b23-21-/t16-,19?,20?,22?/m1/s1. The Bertz CT molecular complexity index is 996. The zero-order valence-corrected chi connectivity index (χ0v) is 16.3. The Balaban J connectivity index is 1.80. The van der Waals surface area contributed by atoms with E-state index >= 15 is 0 Å². The maximum Gasteiger partial charge on any atom is 0.282 e. The number of hydrogen-bond acceptors (Lipinski definition) is 3. The molecule has 1 aliphatic heterocycles. The highest BCUT2D eigenvalue weighted by molar-refractivity contribution is 7.90. The van der Waals surface area contributed by atoms with Crippen LogP contribution in [0.1, 0.15) is 24.0 Å². The van der Waals surface area contributed by atoms with Gasteiger partial charge in [-0.3, -0.25) is 0 Å². The van der Waals surface area contributed by atoms with Gasteiger partial charge in [-0.05, 0) is 31.5 Å². The third kappa shape index (κ3) is 2.68. The van der Waals surface area contributed by atoms with Crippen LogP contribution < -0.4 is 0 Å². The topological polar surface area (TPSA) is 55.7 Å². The molecule has 0 N–H and O–H groups in total. The van der Waals surface area contributed by atoms with Gasteiger partial charge in [0.25, 0.3) is 10.0 Å². The van der Waals surface area contributed by atoms with Gasteiger partial charge in [-0.2, -0.15) is 12.8 Å². The van der Waals surface area contributed by atoms with Gasteiger partial charge < -0.3 is 4.74 Å². The normalized spacial score (nSPS) is 31.3. The third-order valence-electron chi connectivity index (χ3n) is 5.94. The van der Waals surface area contributed by atoms with Gasteiger partial charge in [0.15, 0.2) is 0 Å². The Morgan fingerprint density at radius 2 is 1.81 bits per heavy atom. The number of ether oxygens (including phenoxy) is 1. The molecule has 4 rings (SSSR count). The van der Waals surface area contributed by atoms with Crippen molar-refractivity contribution in [3.63, 3.8) is 0 Å². The summed E-state index contributed by atoms with van der Waals surface area (Å²) in [4.78, 5) is 0.217. The van der Waals surface area contributed by atoms with E-state index in [4.69, 9.17) is 4.74 Å². The summed E-state index contributed by atoms with van der Waals surface area (Å²) in [7, 11) is -3.77. The zero-order valence-electron chi connectivity index (χ0n) is 15.5. The minimum Gasteiger partial charge on any atom is -0.376 e. The third-order valence-corrected chi connectivity index (χ3v) is 7.25. The summed E-state index contributed by atoms with van der Waals surface area (Å²) < 4.78 is 36.1. The Morgan fingerprint density at radius 3 is 2.44 bits per heavy atom. The molecule has 0 aromatic heterocycles. The van der Waals surface area contributed by atoms with E-state index in [1.54, 1.807) is 24.3 Å². The molecule has 1 aliphatic carbocycles. The lowest BCUT2D eigenvalue weighted by atomic mass is 9.47. The summed E-state index contributed by atoms with van der Waals surface area (Å²) in [5.41, 5.74) is 2.26. The van der Waals surface area contributed by atoms with Gasteiger partial charge >= 0.3 is 0 Å². The number of rotatable bonds is 4. The van der Waals surface area contributed by atoms with E-state index in [9.17, 15) is 8.42 Å². The highest BCUT2D eigenvalue weighted by Gasteiger charge is 2.65. The zero-order chi connectivity index (χ0) is 19.2. The summed E-state index contributed by atoms with van der Waals surface area (Å²) in [5.74, 6) is 0.0775. The van der Waals surface area contributed by atoms with Crippen LogP contribution in [0.25, 0.3) is 0 Å². The Kier molecular flexibility index (Phi) is 4.32. The van der Waals surface area contributed by atoms with E-state index < -0.39 is 15.4 Å². The highest BCUT2D eigenvalue weighted by atomic mass is 32.2. The maximum absolute atomic E-state index is 12.9. The smallest absolute Gasteiger partial charge is 0.282 e. The molecule has 1 saturated carbocycles. The van der Waals surface area contributed by atoms with Gasteiger partial charge in [-0.15, -0.1) is 6.58 Å². The van der Waals surface area contributed by atoms with E-state index in [0.717, 1.165) is 5.56 Å². The van der Waals surface area contributed by atoms with E-state index in [-0.39, 0.29) is 22.8 Å². The van der Waals surface area contributed by atoms with E-state index in [2.05, 4.69) is 23.1 Å². The number of aryl methyl sites for hydroxylation is 1. The number of nitrogens with zero attached hydrogens (tertiary/aromatic N) is 1. The molecular formula is C22H23NO3S. The minimum atomic E-state index is -3.77. The average molecular weight is 381 g/mol. The fourth-order valence-corrected chi connectivity index (χ4v) is 5.64. The molecule has 2 aliphatic rings.